The number of phenols is 1. The lowest BCUT2D eigenvalue weighted by Gasteiger charge is -2.00. The van der Waals surface area contributed by atoms with E-state index in [0.717, 1.165) is 18.2 Å². The Kier molecular flexibility index (Phi) is 3.24. The van der Waals surface area contributed by atoms with Gasteiger partial charge in [-0.2, -0.15) is 0 Å². The van der Waals surface area contributed by atoms with Gasteiger partial charge >= 0.3 is 5.97 Å². The van der Waals surface area contributed by atoms with Crippen molar-refractivity contribution in [2.24, 2.45) is 0 Å². The smallest absolute Gasteiger partial charge is 0.328 e. The molecular formula is C9H6BrFO3. The van der Waals surface area contributed by atoms with Crippen molar-refractivity contribution in [2.75, 3.05) is 0 Å². The average molecular weight is 261 g/mol. The van der Waals surface area contributed by atoms with Crippen LogP contribution in [0.2, 0.25) is 0 Å². The van der Waals surface area contributed by atoms with Gasteiger partial charge in [0.05, 0.1) is 0 Å². The zero-order valence-corrected chi connectivity index (χ0v) is 8.45. The monoisotopic (exact) mass is 260 g/mol. The maximum atomic E-state index is 12.9. The van der Waals surface area contributed by atoms with E-state index in [1.54, 1.807) is 0 Å². The molecule has 74 valence electrons. The number of hydrogen-bond acceptors (Lipinski definition) is 2. The molecule has 0 bridgehead atoms. The molecule has 0 aliphatic heterocycles. The van der Waals surface area contributed by atoms with E-state index in [1.807, 2.05) is 0 Å². The summed E-state index contributed by atoms with van der Waals surface area (Å²) in [4.78, 5) is 10.2. The van der Waals surface area contributed by atoms with Crippen molar-refractivity contribution < 1.29 is 19.4 Å². The first-order valence-electron chi connectivity index (χ1n) is 3.59. The third kappa shape index (κ3) is 2.56. The van der Waals surface area contributed by atoms with Crippen molar-refractivity contribution in [3.8, 4) is 5.75 Å². The first-order chi connectivity index (χ1) is 6.50. The molecule has 0 saturated carbocycles. The van der Waals surface area contributed by atoms with Crippen molar-refractivity contribution >= 4 is 28.0 Å². The number of halogens is 2. The summed E-state index contributed by atoms with van der Waals surface area (Å²) in [6, 6.07) is 2.51. The molecule has 1 aromatic rings. The maximum absolute atomic E-state index is 12.9. The van der Waals surface area contributed by atoms with Crippen LogP contribution in [0.25, 0.3) is 6.08 Å². The SMILES string of the molecule is O=C(O)C=Cc1cc(Br)cc(F)c1O. The number of carbonyl (C=O) groups is 1. The van der Waals surface area contributed by atoms with E-state index in [9.17, 15) is 14.3 Å². The molecule has 2 N–H and O–H groups in total. The van der Waals surface area contributed by atoms with Crippen LogP contribution in [0.15, 0.2) is 22.7 Å². The summed E-state index contributed by atoms with van der Waals surface area (Å²) in [5, 5.41) is 17.5. The Morgan fingerprint density at radius 1 is 1.50 bits per heavy atom. The zero-order chi connectivity index (χ0) is 10.7. The van der Waals surface area contributed by atoms with Gasteiger partial charge in [0.25, 0.3) is 0 Å². The number of aromatic hydroxyl groups is 1. The molecule has 0 amide bonds. The van der Waals surface area contributed by atoms with Crippen LogP contribution in [0.5, 0.6) is 5.75 Å². The average Bonchev–Trinajstić information content (AvgIpc) is 2.08. The van der Waals surface area contributed by atoms with Gasteiger partial charge in [0.2, 0.25) is 0 Å². The van der Waals surface area contributed by atoms with Gasteiger partial charge in [-0.15, -0.1) is 0 Å². The highest BCUT2D eigenvalue weighted by atomic mass is 79.9. The second-order valence-corrected chi connectivity index (χ2v) is 3.41. The first-order valence-corrected chi connectivity index (χ1v) is 4.39. The molecule has 0 aliphatic carbocycles. The summed E-state index contributed by atoms with van der Waals surface area (Å²) in [6.45, 7) is 0. The Bertz CT molecular complexity index is 401. The highest BCUT2D eigenvalue weighted by Crippen LogP contribution is 2.26. The van der Waals surface area contributed by atoms with E-state index in [0.29, 0.717) is 4.47 Å². The van der Waals surface area contributed by atoms with Crippen molar-refractivity contribution in [3.63, 3.8) is 0 Å². The first kappa shape index (κ1) is 10.7. The number of carboxylic acid groups (broad SMARTS) is 1. The van der Waals surface area contributed by atoms with E-state index in [4.69, 9.17) is 5.11 Å². The molecule has 1 rings (SSSR count). The lowest BCUT2D eigenvalue weighted by molar-refractivity contribution is -0.131. The second kappa shape index (κ2) is 4.23. The predicted octanol–water partition coefficient (Wildman–Crippen LogP) is 2.39. The maximum Gasteiger partial charge on any atom is 0.328 e. The number of rotatable bonds is 2. The second-order valence-electron chi connectivity index (χ2n) is 2.50. The topological polar surface area (TPSA) is 57.5 Å². The van der Waals surface area contributed by atoms with Crippen LogP contribution in [-0.2, 0) is 4.79 Å². The molecule has 1 aromatic carbocycles. The molecule has 0 heterocycles. The van der Waals surface area contributed by atoms with Gasteiger partial charge in [-0.3, -0.25) is 0 Å². The number of benzene rings is 1. The minimum absolute atomic E-state index is 0.110. The number of carboxylic acids is 1. The normalized spacial score (nSPS) is 10.7. The van der Waals surface area contributed by atoms with Gasteiger partial charge in [-0.1, -0.05) is 15.9 Å². The summed E-state index contributed by atoms with van der Waals surface area (Å²) in [5.74, 6) is -2.53. The van der Waals surface area contributed by atoms with E-state index >= 15 is 0 Å². The Hall–Kier alpha value is -1.36. The van der Waals surface area contributed by atoms with Gasteiger partial charge in [-0.05, 0) is 18.2 Å². The van der Waals surface area contributed by atoms with E-state index in [1.165, 1.54) is 6.07 Å². The van der Waals surface area contributed by atoms with E-state index in [-0.39, 0.29) is 5.56 Å². The molecule has 0 aromatic heterocycles. The third-order valence-electron chi connectivity index (χ3n) is 1.46. The number of hydrogen-bond donors (Lipinski definition) is 2. The standard InChI is InChI=1S/C9H6BrFO3/c10-6-3-5(1-2-8(12)13)9(14)7(11)4-6/h1-4,14H,(H,12,13). The van der Waals surface area contributed by atoms with Crippen LogP contribution in [0.1, 0.15) is 5.56 Å². The Morgan fingerprint density at radius 3 is 2.71 bits per heavy atom. The summed E-state index contributed by atoms with van der Waals surface area (Å²) in [6.07, 6.45) is 1.94. The van der Waals surface area contributed by atoms with E-state index < -0.39 is 17.5 Å². The van der Waals surface area contributed by atoms with E-state index in [2.05, 4.69) is 15.9 Å². The minimum Gasteiger partial charge on any atom is -0.504 e. The lowest BCUT2D eigenvalue weighted by atomic mass is 10.2. The molecule has 0 radical (unpaired) electrons. The summed E-state index contributed by atoms with van der Waals surface area (Å²) < 4.78 is 13.3. The van der Waals surface area contributed by atoms with Gasteiger partial charge < -0.3 is 10.2 Å². The predicted molar refractivity (Wildman–Crippen MR) is 52.4 cm³/mol. The molecule has 0 unspecified atom stereocenters. The fourth-order valence-electron chi connectivity index (χ4n) is 0.874. The van der Waals surface area contributed by atoms with Crippen molar-refractivity contribution in [1.29, 1.82) is 0 Å². The van der Waals surface area contributed by atoms with Gasteiger partial charge in [0.1, 0.15) is 0 Å². The van der Waals surface area contributed by atoms with Crippen LogP contribution < -0.4 is 0 Å². The minimum atomic E-state index is -1.16. The van der Waals surface area contributed by atoms with Crippen LogP contribution >= 0.6 is 15.9 Å². The fourth-order valence-corrected chi connectivity index (χ4v) is 1.32. The van der Waals surface area contributed by atoms with Crippen molar-refractivity contribution in [2.45, 2.75) is 0 Å². The van der Waals surface area contributed by atoms with Crippen LogP contribution in [0.4, 0.5) is 4.39 Å². The lowest BCUT2D eigenvalue weighted by Crippen LogP contribution is -1.87. The summed E-state index contributed by atoms with van der Waals surface area (Å²) in [7, 11) is 0. The molecule has 3 nitrogen and oxygen atoms in total. The van der Waals surface area contributed by atoms with Crippen LogP contribution in [-0.4, -0.2) is 16.2 Å². The molecule has 14 heavy (non-hydrogen) atoms. The number of phenolic OH excluding ortho intramolecular Hbond substituents is 1. The quantitative estimate of drug-likeness (QED) is 0.803. The Labute approximate surface area is 87.6 Å². The zero-order valence-electron chi connectivity index (χ0n) is 6.87. The molecular weight excluding hydrogens is 255 g/mol. The largest absolute Gasteiger partial charge is 0.504 e. The molecule has 0 aliphatic rings. The number of aliphatic carboxylic acids is 1. The molecule has 5 heteroatoms. The van der Waals surface area contributed by atoms with Gasteiger partial charge in [-0.25, -0.2) is 9.18 Å². The molecule has 0 saturated heterocycles. The van der Waals surface area contributed by atoms with Crippen molar-refractivity contribution in [1.82, 2.24) is 0 Å². The highest BCUT2D eigenvalue weighted by Gasteiger charge is 2.06. The summed E-state index contributed by atoms with van der Waals surface area (Å²) in [5.41, 5.74) is 0.110. The fraction of sp³-hybridized carbons (Fsp3) is 0. The Morgan fingerprint density at radius 2 is 2.14 bits per heavy atom. The van der Waals surface area contributed by atoms with Crippen LogP contribution in [0.3, 0.4) is 0 Å². The van der Waals surface area contributed by atoms with Crippen LogP contribution in [0, 0.1) is 5.82 Å². The summed E-state index contributed by atoms with van der Waals surface area (Å²) >= 11 is 3.02. The van der Waals surface area contributed by atoms with Gasteiger partial charge in [0, 0.05) is 16.1 Å². The van der Waals surface area contributed by atoms with Gasteiger partial charge in [0.15, 0.2) is 11.6 Å². The molecule has 0 fully saturated rings. The third-order valence-corrected chi connectivity index (χ3v) is 1.92. The van der Waals surface area contributed by atoms with Crippen molar-refractivity contribution in [3.05, 3.63) is 34.1 Å². The highest BCUT2D eigenvalue weighted by molar-refractivity contribution is 9.10. The molecule has 0 atom stereocenters. The Balaban J connectivity index is 3.14. The molecule has 0 spiro atoms.